The van der Waals surface area contributed by atoms with E-state index in [0.29, 0.717) is 5.69 Å². The van der Waals surface area contributed by atoms with E-state index in [1.165, 1.54) is 18.6 Å². The lowest BCUT2D eigenvalue weighted by atomic mass is 9.96. The molecule has 20 heavy (non-hydrogen) atoms. The number of aromatic carboxylic acids is 1. The SMILES string of the molecule is O=C(Nc1ccc(Cl)c(C(=O)[O-])c1)NC1CCCCC1. The van der Waals surface area contributed by atoms with E-state index >= 15 is 0 Å². The standard InChI is InChI=1S/C14H17ClN2O3/c15-12-7-6-10(8-11(12)13(18)19)17-14(20)16-9-4-2-1-3-5-9/h6-9H,1-5H2,(H,18,19)(H2,16,17,20)/p-1. The van der Waals surface area contributed by atoms with Crippen molar-refractivity contribution in [3.8, 4) is 0 Å². The predicted octanol–water partition coefficient (Wildman–Crippen LogP) is 2.16. The van der Waals surface area contributed by atoms with E-state index in [0.717, 1.165) is 25.7 Å². The number of rotatable bonds is 3. The summed E-state index contributed by atoms with van der Waals surface area (Å²) in [7, 11) is 0. The number of benzene rings is 1. The number of halogens is 1. The van der Waals surface area contributed by atoms with E-state index in [9.17, 15) is 14.7 Å². The molecule has 0 bridgehead atoms. The van der Waals surface area contributed by atoms with Gasteiger partial charge in [-0.15, -0.1) is 0 Å². The Morgan fingerprint density at radius 2 is 1.90 bits per heavy atom. The molecule has 108 valence electrons. The minimum atomic E-state index is -1.37. The van der Waals surface area contributed by atoms with Crippen LogP contribution in [0.5, 0.6) is 0 Å². The summed E-state index contributed by atoms with van der Waals surface area (Å²) in [4.78, 5) is 22.7. The molecule has 0 radical (unpaired) electrons. The molecule has 0 saturated heterocycles. The predicted molar refractivity (Wildman–Crippen MR) is 74.8 cm³/mol. The molecule has 1 aliphatic carbocycles. The Balaban J connectivity index is 1.96. The first kappa shape index (κ1) is 14.7. The van der Waals surface area contributed by atoms with Gasteiger partial charge in [-0.2, -0.15) is 0 Å². The molecule has 2 rings (SSSR count). The lowest BCUT2D eigenvalue weighted by Crippen LogP contribution is -2.39. The first-order valence-corrected chi connectivity index (χ1v) is 7.02. The van der Waals surface area contributed by atoms with Crippen molar-refractivity contribution in [3.05, 3.63) is 28.8 Å². The van der Waals surface area contributed by atoms with E-state index in [2.05, 4.69) is 10.6 Å². The molecule has 1 aromatic carbocycles. The van der Waals surface area contributed by atoms with Gasteiger partial charge in [0.2, 0.25) is 0 Å². The highest BCUT2D eigenvalue weighted by Gasteiger charge is 2.15. The van der Waals surface area contributed by atoms with Crippen molar-refractivity contribution in [3.63, 3.8) is 0 Å². The van der Waals surface area contributed by atoms with Crippen LogP contribution in [0, 0.1) is 0 Å². The number of nitrogens with one attached hydrogen (secondary N) is 2. The second-order valence-electron chi connectivity index (χ2n) is 4.92. The monoisotopic (exact) mass is 295 g/mol. The highest BCUT2D eigenvalue weighted by molar-refractivity contribution is 6.33. The van der Waals surface area contributed by atoms with Crippen molar-refractivity contribution in [1.82, 2.24) is 5.32 Å². The molecule has 0 heterocycles. The molecule has 1 saturated carbocycles. The average molecular weight is 296 g/mol. The average Bonchev–Trinajstić information content (AvgIpc) is 2.41. The van der Waals surface area contributed by atoms with Crippen molar-refractivity contribution in [2.75, 3.05) is 5.32 Å². The number of carboxylic acids is 1. The maximum absolute atomic E-state index is 11.8. The highest BCUT2D eigenvalue weighted by Crippen LogP contribution is 2.20. The first-order valence-electron chi connectivity index (χ1n) is 6.64. The summed E-state index contributed by atoms with van der Waals surface area (Å²) >= 11 is 5.73. The maximum atomic E-state index is 11.8. The van der Waals surface area contributed by atoms with Crippen molar-refractivity contribution >= 4 is 29.3 Å². The van der Waals surface area contributed by atoms with Crippen LogP contribution in [-0.4, -0.2) is 18.0 Å². The van der Waals surface area contributed by atoms with Crippen LogP contribution in [0.15, 0.2) is 18.2 Å². The molecule has 2 N–H and O–H groups in total. The summed E-state index contributed by atoms with van der Waals surface area (Å²) in [5.41, 5.74) is 0.240. The van der Waals surface area contributed by atoms with Crippen LogP contribution in [0.4, 0.5) is 10.5 Å². The summed E-state index contributed by atoms with van der Waals surface area (Å²) in [6, 6.07) is 4.12. The van der Waals surface area contributed by atoms with Gasteiger partial charge in [-0.25, -0.2) is 4.79 Å². The van der Waals surface area contributed by atoms with Crippen molar-refractivity contribution in [2.45, 2.75) is 38.1 Å². The number of carboxylic acid groups (broad SMARTS) is 1. The van der Waals surface area contributed by atoms with Gasteiger partial charge in [0.25, 0.3) is 0 Å². The molecule has 1 fully saturated rings. The van der Waals surface area contributed by atoms with Gasteiger partial charge in [0, 0.05) is 22.3 Å². The number of urea groups is 1. The Morgan fingerprint density at radius 3 is 2.55 bits per heavy atom. The van der Waals surface area contributed by atoms with Crippen LogP contribution < -0.4 is 15.7 Å². The molecule has 0 atom stereocenters. The highest BCUT2D eigenvalue weighted by atomic mass is 35.5. The first-order chi connectivity index (χ1) is 9.56. The summed E-state index contributed by atoms with van der Waals surface area (Å²) in [5, 5.41) is 16.4. The number of anilines is 1. The van der Waals surface area contributed by atoms with Gasteiger partial charge in [0.05, 0.1) is 5.97 Å². The van der Waals surface area contributed by atoms with Crippen LogP contribution >= 0.6 is 11.6 Å². The Morgan fingerprint density at radius 1 is 1.20 bits per heavy atom. The van der Waals surface area contributed by atoms with Crippen molar-refractivity contribution in [2.24, 2.45) is 0 Å². The van der Waals surface area contributed by atoms with E-state index in [1.807, 2.05) is 0 Å². The van der Waals surface area contributed by atoms with E-state index in [-0.39, 0.29) is 22.7 Å². The summed E-state index contributed by atoms with van der Waals surface area (Å²) in [6.45, 7) is 0. The second kappa shape index (κ2) is 6.61. The number of carbonyl (C=O) groups excluding carboxylic acids is 2. The third-order valence-corrected chi connectivity index (χ3v) is 3.71. The number of amides is 2. The third kappa shape index (κ3) is 3.87. The fourth-order valence-electron chi connectivity index (χ4n) is 2.36. The molecule has 0 aliphatic heterocycles. The lowest BCUT2D eigenvalue weighted by molar-refractivity contribution is -0.255. The van der Waals surface area contributed by atoms with Crippen molar-refractivity contribution < 1.29 is 14.7 Å². The molecule has 0 spiro atoms. The molecule has 5 nitrogen and oxygen atoms in total. The fourth-order valence-corrected chi connectivity index (χ4v) is 2.55. The number of hydrogen-bond acceptors (Lipinski definition) is 3. The van der Waals surface area contributed by atoms with Crippen LogP contribution in [0.2, 0.25) is 5.02 Å². The zero-order valence-corrected chi connectivity index (χ0v) is 11.7. The quantitative estimate of drug-likeness (QED) is 0.896. The van der Waals surface area contributed by atoms with Crippen LogP contribution in [-0.2, 0) is 0 Å². The van der Waals surface area contributed by atoms with Gasteiger partial charge in [-0.05, 0) is 31.0 Å². The smallest absolute Gasteiger partial charge is 0.319 e. The molecule has 0 aromatic heterocycles. The van der Waals surface area contributed by atoms with E-state index in [4.69, 9.17) is 11.6 Å². The summed E-state index contributed by atoms with van der Waals surface area (Å²) in [6.07, 6.45) is 5.43. The molecule has 0 unspecified atom stereocenters. The molecular weight excluding hydrogens is 280 g/mol. The van der Waals surface area contributed by atoms with Gasteiger partial charge < -0.3 is 20.5 Å². The number of carbonyl (C=O) groups is 2. The topological polar surface area (TPSA) is 81.3 Å². The van der Waals surface area contributed by atoms with E-state index < -0.39 is 5.97 Å². The molecule has 1 aliphatic rings. The Labute approximate surface area is 122 Å². The van der Waals surface area contributed by atoms with Crippen LogP contribution in [0.25, 0.3) is 0 Å². The largest absolute Gasteiger partial charge is 0.545 e. The van der Waals surface area contributed by atoms with Gasteiger partial charge >= 0.3 is 6.03 Å². The second-order valence-corrected chi connectivity index (χ2v) is 5.32. The molecule has 2 amide bonds. The minimum absolute atomic E-state index is 0.0863. The molecule has 1 aromatic rings. The maximum Gasteiger partial charge on any atom is 0.319 e. The molecular formula is C14H16ClN2O3-. The van der Waals surface area contributed by atoms with Gasteiger partial charge in [-0.3, -0.25) is 0 Å². The Hall–Kier alpha value is -1.75. The van der Waals surface area contributed by atoms with Gasteiger partial charge in [0.1, 0.15) is 0 Å². The van der Waals surface area contributed by atoms with Gasteiger partial charge in [-0.1, -0.05) is 30.9 Å². The third-order valence-electron chi connectivity index (χ3n) is 3.38. The zero-order valence-electron chi connectivity index (χ0n) is 10.9. The van der Waals surface area contributed by atoms with Crippen LogP contribution in [0.3, 0.4) is 0 Å². The zero-order chi connectivity index (χ0) is 14.5. The Kier molecular flexibility index (Phi) is 4.84. The fraction of sp³-hybridized carbons (Fsp3) is 0.429. The van der Waals surface area contributed by atoms with Crippen molar-refractivity contribution in [1.29, 1.82) is 0 Å². The summed E-state index contributed by atoms with van der Waals surface area (Å²) in [5.74, 6) is -1.37. The Bertz CT molecular complexity index is 513. The lowest BCUT2D eigenvalue weighted by Gasteiger charge is -2.23. The molecule has 6 heteroatoms. The minimum Gasteiger partial charge on any atom is -0.545 e. The normalized spacial score (nSPS) is 15.7. The number of hydrogen-bond donors (Lipinski definition) is 2. The van der Waals surface area contributed by atoms with Crippen LogP contribution in [0.1, 0.15) is 42.5 Å². The van der Waals surface area contributed by atoms with E-state index in [1.54, 1.807) is 6.07 Å². The summed E-state index contributed by atoms with van der Waals surface area (Å²) < 4.78 is 0. The van der Waals surface area contributed by atoms with Gasteiger partial charge in [0.15, 0.2) is 0 Å².